The van der Waals surface area contributed by atoms with Gasteiger partial charge in [0.05, 0.1) is 4.88 Å². The number of rotatable bonds is 3. The molecule has 114 valence electrons. The van der Waals surface area contributed by atoms with Crippen LogP contribution in [0.15, 0.2) is 35.8 Å². The average Bonchev–Trinajstić information content (AvgIpc) is 3.09. The third-order valence-corrected chi connectivity index (χ3v) is 4.47. The predicted molar refractivity (Wildman–Crippen MR) is 83.6 cm³/mol. The molecule has 0 aromatic carbocycles. The van der Waals surface area contributed by atoms with Gasteiger partial charge >= 0.3 is 5.97 Å². The number of nitrogens with zero attached hydrogens (tertiary/aromatic N) is 3. The molecule has 0 saturated carbocycles. The van der Waals surface area contributed by atoms with E-state index in [-0.39, 0.29) is 11.5 Å². The van der Waals surface area contributed by atoms with Gasteiger partial charge in [0.1, 0.15) is 11.4 Å². The van der Waals surface area contributed by atoms with Crippen molar-refractivity contribution in [2.24, 2.45) is 0 Å². The van der Waals surface area contributed by atoms with E-state index in [1.54, 1.807) is 23.2 Å². The number of aromatic nitrogens is 1. The van der Waals surface area contributed by atoms with E-state index >= 15 is 0 Å². The molecule has 1 fully saturated rings. The van der Waals surface area contributed by atoms with Crippen LogP contribution in [0.2, 0.25) is 0 Å². The van der Waals surface area contributed by atoms with Gasteiger partial charge in [-0.3, -0.25) is 4.79 Å². The lowest BCUT2D eigenvalue weighted by molar-refractivity contribution is 0.0692. The van der Waals surface area contributed by atoms with Gasteiger partial charge in [-0.25, -0.2) is 9.78 Å². The molecule has 2 aromatic rings. The lowest BCUT2D eigenvalue weighted by Crippen LogP contribution is -2.49. The second kappa shape index (κ2) is 6.15. The molecular formula is C15H15N3O3S. The highest BCUT2D eigenvalue weighted by Gasteiger charge is 2.25. The van der Waals surface area contributed by atoms with Crippen LogP contribution in [0.4, 0.5) is 5.82 Å². The van der Waals surface area contributed by atoms with Crippen LogP contribution >= 0.6 is 11.3 Å². The Balaban J connectivity index is 1.70. The zero-order valence-electron chi connectivity index (χ0n) is 11.8. The summed E-state index contributed by atoms with van der Waals surface area (Å²) in [6.45, 7) is 2.28. The van der Waals surface area contributed by atoms with Gasteiger partial charge in [0.15, 0.2) is 0 Å². The summed E-state index contributed by atoms with van der Waals surface area (Å²) in [6, 6.07) is 6.85. The van der Waals surface area contributed by atoms with Gasteiger partial charge < -0.3 is 14.9 Å². The van der Waals surface area contributed by atoms with Crippen LogP contribution in [0, 0.1) is 0 Å². The molecule has 1 amide bonds. The highest BCUT2D eigenvalue weighted by molar-refractivity contribution is 7.12. The second-order valence-electron chi connectivity index (χ2n) is 4.94. The van der Waals surface area contributed by atoms with Crippen LogP contribution in [0.1, 0.15) is 20.0 Å². The molecule has 0 bridgehead atoms. The minimum absolute atomic E-state index is 0.0362. The fourth-order valence-corrected chi connectivity index (χ4v) is 3.18. The molecule has 0 atom stereocenters. The highest BCUT2D eigenvalue weighted by Crippen LogP contribution is 2.20. The quantitative estimate of drug-likeness (QED) is 0.934. The van der Waals surface area contributed by atoms with Gasteiger partial charge in [-0.05, 0) is 23.6 Å². The molecule has 0 spiro atoms. The summed E-state index contributed by atoms with van der Waals surface area (Å²) in [5, 5.41) is 11.1. The standard InChI is InChI=1S/C15H15N3O3S/c19-14(12-4-2-10-22-12)18-8-6-17(7-9-18)13-11(15(20)21)3-1-5-16-13/h1-5,10H,6-9H2,(H,20,21). The number of hydrogen-bond donors (Lipinski definition) is 1. The Hall–Kier alpha value is -2.41. The first-order chi connectivity index (χ1) is 10.7. The predicted octanol–water partition coefficient (Wildman–Crippen LogP) is 1.80. The maximum absolute atomic E-state index is 12.3. The third kappa shape index (κ3) is 2.80. The normalized spacial score (nSPS) is 14.9. The first kappa shape index (κ1) is 14.5. The summed E-state index contributed by atoms with van der Waals surface area (Å²) in [5.74, 6) is -0.479. The summed E-state index contributed by atoms with van der Waals surface area (Å²) in [7, 11) is 0. The van der Waals surface area contributed by atoms with Crippen molar-refractivity contribution in [3.05, 3.63) is 46.3 Å². The molecule has 1 aliphatic heterocycles. The summed E-state index contributed by atoms with van der Waals surface area (Å²) in [4.78, 5) is 32.2. The van der Waals surface area contributed by atoms with Crippen molar-refractivity contribution in [1.29, 1.82) is 0 Å². The minimum Gasteiger partial charge on any atom is -0.478 e. The van der Waals surface area contributed by atoms with Gasteiger partial charge in [0.25, 0.3) is 5.91 Å². The van der Waals surface area contributed by atoms with Crippen molar-refractivity contribution in [2.75, 3.05) is 31.1 Å². The molecule has 0 radical (unpaired) electrons. The van der Waals surface area contributed by atoms with Crippen molar-refractivity contribution in [3.8, 4) is 0 Å². The monoisotopic (exact) mass is 317 g/mol. The molecule has 6 nitrogen and oxygen atoms in total. The van der Waals surface area contributed by atoms with E-state index in [1.807, 2.05) is 22.4 Å². The average molecular weight is 317 g/mol. The van der Waals surface area contributed by atoms with Crippen molar-refractivity contribution < 1.29 is 14.7 Å². The third-order valence-electron chi connectivity index (χ3n) is 3.62. The van der Waals surface area contributed by atoms with Gasteiger partial charge in [-0.2, -0.15) is 0 Å². The van der Waals surface area contributed by atoms with E-state index in [0.29, 0.717) is 32.0 Å². The topological polar surface area (TPSA) is 73.7 Å². The van der Waals surface area contributed by atoms with Gasteiger partial charge in [0.2, 0.25) is 0 Å². The molecule has 3 rings (SSSR count). The molecule has 3 heterocycles. The number of thiophene rings is 1. The maximum atomic E-state index is 12.3. The highest BCUT2D eigenvalue weighted by atomic mass is 32.1. The molecule has 22 heavy (non-hydrogen) atoms. The van der Waals surface area contributed by atoms with Gasteiger partial charge in [-0.1, -0.05) is 6.07 Å². The Morgan fingerprint density at radius 3 is 2.55 bits per heavy atom. The van der Waals surface area contributed by atoms with Gasteiger partial charge in [-0.15, -0.1) is 11.3 Å². The Morgan fingerprint density at radius 1 is 1.14 bits per heavy atom. The number of aromatic carboxylic acids is 1. The van der Waals surface area contributed by atoms with Crippen LogP contribution in [-0.4, -0.2) is 53.0 Å². The number of amides is 1. The summed E-state index contributed by atoms with van der Waals surface area (Å²) in [6.07, 6.45) is 1.59. The first-order valence-electron chi connectivity index (χ1n) is 6.93. The minimum atomic E-state index is -0.986. The summed E-state index contributed by atoms with van der Waals surface area (Å²) in [5.41, 5.74) is 0.195. The lowest BCUT2D eigenvalue weighted by atomic mass is 10.2. The number of anilines is 1. The Morgan fingerprint density at radius 2 is 1.91 bits per heavy atom. The molecule has 7 heteroatoms. The SMILES string of the molecule is O=C(O)c1cccnc1N1CCN(C(=O)c2cccs2)CC1. The molecule has 1 N–H and O–H groups in total. The molecule has 2 aromatic heterocycles. The number of hydrogen-bond acceptors (Lipinski definition) is 5. The number of carbonyl (C=O) groups is 2. The Labute approximate surface area is 131 Å². The van der Waals surface area contributed by atoms with Crippen LogP contribution in [0.25, 0.3) is 0 Å². The van der Waals surface area contributed by atoms with E-state index in [0.717, 1.165) is 4.88 Å². The number of carboxylic acids is 1. The smallest absolute Gasteiger partial charge is 0.339 e. The van der Waals surface area contributed by atoms with Crippen LogP contribution in [-0.2, 0) is 0 Å². The first-order valence-corrected chi connectivity index (χ1v) is 7.81. The van der Waals surface area contributed by atoms with E-state index in [1.165, 1.54) is 11.3 Å². The fourth-order valence-electron chi connectivity index (χ4n) is 2.49. The van der Waals surface area contributed by atoms with E-state index in [4.69, 9.17) is 0 Å². The zero-order chi connectivity index (χ0) is 15.5. The molecule has 0 aliphatic carbocycles. The second-order valence-corrected chi connectivity index (χ2v) is 5.88. The Bertz CT molecular complexity index is 679. The molecule has 1 aliphatic rings. The van der Waals surface area contributed by atoms with Gasteiger partial charge in [0, 0.05) is 32.4 Å². The van der Waals surface area contributed by atoms with Crippen LogP contribution in [0.5, 0.6) is 0 Å². The lowest BCUT2D eigenvalue weighted by Gasteiger charge is -2.35. The number of carbonyl (C=O) groups excluding carboxylic acids is 1. The van der Waals surface area contributed by atoms with Crippen molar-refractivity contribution in [2.45, 2.75) is 0 Å². The maximum Gasteiger partial charge on any atom is 0.339 e. The van der Waals surface area contributed by atoms with E-state index in [9.17, 15) is 14.7 Å². The summed E-state index contributed by atoms with van der Waals surface area (Å²) >= 11 is 1.43. The zero-order valence-corrected chi connectivity index (χ0v) is 12.6. The van der Waals surface area contributed by atoms with E-state index < -0.39 is 5.97 Å². The summed E-state index contributed by atoms with van der Waals surface area (Å²) < 4.78 is 0. The van der Waals surface area contributed by atoms with E-state index in [2.05, 4.69) is 4.98 Å². The molecule has 0 unspecified atom stereocenters. The fraction of sp³-hybridized carbons (Fsp3) is 0.267. The number of carboxylic acid groups (broad SMARTS) is 1. The number of piperazine rings is 1. The van der Waals surface area contributed by atoms with Crippen molar-refractivity contribution in [1.82, 2.24) is 9.88 Å². The van der Waals surface area contributed by atoms with Crippen LogP contribution < -0.4 is 4.90 Å². The molecular weight excluding hydrogens is 302 g/mol. The number of pyridine rings is 1. The van der Waals surface area contributed by atoms with Crippen molar-refractivity contribution >= 4 is 29.0 Å². The van der Waals surface area contributed by atoms with Crippen LogP contribution in [0.3, 0.4) is 0 Å². The van der Waals surface area contributed by atoms with Crippen molar-refractivity contribution in [3.63, 3.8) is 0 Å². The Kier molecular flexibility index (Phi) is 4.06. The molecule has 1 saturated heterocycles. The largest absolute Gasteiger partial charge is 0.478 e.